The molecule has 36 heavy (non-hydrogen) atoms. The van der Waals surface area contributed by atoms with E-state index in [9.17, 15) is 10.2 Å². The smallest absolute Gasteiger partial charge is 0.197 e. The molecule has 1 heterocycles. The van der Waals surface area contributed by atoms with Crippen molar-refractivity contribution in [2.45, 2.75) is 69.9 Å². The maximum absolute atomic E-state index is 10.4. The molecule has 2 fully saturated rings. The van der Waals surface area contributed by atoms with Crippen molar-refractivity contribution in [3.05, 3.63) is 64.2 Å². The summed E-state index contributed by atoms with van der Waals surface area (Å²) in [6.07, 6.45) is 4.98. The first-order valence-corrected chi connectivity index (χ1v) is 13.4. The molecule has 0 radical (unpaired) electrons. The van der Waals surface area contributed by atoms with Crippen LogP contribution in [-0.4, -0.2) is 56.0 Å². The molecule has 2 aliphatic rings. The minimum absolute atomic E-state index is 0.129. The maximum atomic E-state index is 10.4. The average Bonchev–Trinajstić information content (AvgIpc) is 3.37. The Morgan fingerprint density at radius 1 is 1.08 bits per heavy atom. The van der Waals surface area contributed by atoms with E-state index in [1.807, 2.05) is 37.3 Å². The normalized spacial score (nSPS) is 25.7. The Morgan fingerprint density at radius 2 is 1.83 bits per heavy atom. The van der Waals surface area contributed by atoms with E-state index in [1.165, 1.54) is 12.8 Å². The van der Waals surface area contributed by atoms with Gasteiger partial charge in [-0.1, -0.05) is 42.6 Å². The van der Waals surface area contributed by atoms with Crippen molar-refractivity contribution in [3.8, 4) is 5.75 Å². The monoisotopic (exact) mass is 518 g/mol. The van der Waals surface area contributed by atoms with Crippen molar-refractivity contribution in [1.29, 1.82) is 0 Å². The zero-order valence-electron chi connectivity index (χ0n) is 21.4. The van der Waals surface area contributed by atoms with E-state index in [0.717, 1.165) is 48.5 Å². The van der Waals surface area contributed by atoms with Crippen LogP contribution in [0, 0.1) is 5.41 Å². The molecule has 0 aromatic heterocycles. The number of ether oxygens (including phenoxy) is 4. The van der Waals surface area contributed by atoms with E-state index < -0.39 is 18.0 Å². The molecular weight excluding hydrogens is 480 g/mol. The summed E-state index contributed by atoms with van der Waals surface area (Å²) in [5.74, 6) is -0.265. The topological polar surface area (TPSA) is 77.4 Å². The molecule has 1 aliphatic heterocycles. The van der Waals surface area contributed by atoms with Gasteiger partial charge in [0.05, 0.1) is 32.0 Å². The summed E-state index contributed by atoms with van der Waals surface area (Å²) in [7, 11) is 1.56. The predicted octanol–water partition coefficient (Wildman–Crippen LogP) is 5.24. The largest absolute Gasteiger partial charge is 0.493 e. The molecule has 2 aromatic rings. The van der Waals surface area contributed by atoms with Gasteiger partial charge in [-0.3, -0.25) is 0 Å². The number of hydrogen-bond donors (Lipinski definition) is 2. The molecule has 6 nitrogen and oxygen atoms in total. The van der Waals surface area contributed by atoms with Crippen molar-refractivity contribution >= 4 is 11.6 Å². The van der Waals surface area contributed by atoms with E-state index in [2.05, 4.69) is 12.1 Å². The van der Waals surface area contributed by atoms with E-state index in [4.69, 9.17) is 30.5 Å². The van der Waals surface area contributed by atoms with Crippen LogP contribution < -0.4 is 4.74 Å². The Bertz CT molecular complexity index is 974. The van der Waals surface area contributed by atoms with Gasteiger partial charge in [-0.15, -0.1) is 0 Å². The van der Waals surface area contributed by atoms with Gasteiger partial charge in [0.15, 0.2) is 5.79 Å². The first kappa shape index (κ1) is 27.4. The van der Waals surface area contributed by atoms with Crippen molar-refractivity contribution < 1.29 is 29.2 Å². The Hall–Kier alpha value is -1.67. The summed E-state index contributed by atoms with van der Waals surface area (Å²) in [5.41, 5.74) is 2.95. The van der Waals surface area contributed by atoms with Gasteiger partial charge in [-0.25, -0.2) is 0 Å². The first-order chi connectivity index (χ1) is 17.4. The molecule has 0 bridgehead atoms. The van der Waals surface area contributed by atoms with Crippen LogP contribution in [0.15, 0.2) is 42.5 Å². The Morgan fingerprint density at radius 3 is 2.50 bits per heavy atom. The second-order valence-electron chi connectivity index (χ2n) is 10.2. The number of aliphatic hydroxyl groups excluding tert-OH is 2. The SMILES string of the molecule is CCOCC1(COc2ccc(Cc3cc(C4(OC)CC(O)CC(CO)O4)ccc3Cl)cc2)CCCC1. The number of methoxy groups -OCH3 is 1. The fraction of sp³-hybridized carbons (Fsp3) is 0.586. The third kappa shape index (κ3) is 6.42. The summed E-state index contributed by atoms with van der Waals surface area (Å²) < 4.78 is 23.8. The highest BCUT2D eigenvalue weighted by atomic mass is 35.5. The number of aliphatic hydroxyl groups is 2. The Kier molecular flexibility index (Phi) is 9.31. The minimum atomic E-state index is -1.13. The van der Waals surface area contributed by atoms with Crippen LogP contribution in [-0.2, 0) is 26.4 Å². The number of hydrogen-bond acceptors (Lipinski definition) is 6. The van der Waals surface area contributed by atoms with Crippen LogP contribution in [0.2, 0.25) is 5.02 Å². The van der Waals surface area contributed by atoms with Gasteiger partial charge >= 0.3 is 0 Å². The van der Waals surface area contributed by atoms with Gasteiger partial charge in [0.2, 0.25) is 0 Å². The zero-order chi connectivity index (χ0) is 25.6. The lowest BCUT2D eigenvalue weighted by Crippen LogP contribution is -2.46. The van der Waals surface area contributed by atoms with Gasteiger partial charge in [-0.05, 0) is 61.6 Å². The van der Waals surface area contributed by atoms with Crippen LogP contribution in [0.4, 0.5) is 0 Å². The highest BCUT2D eigenvalue weighted by Crippen LogP contribution is 2.41. The van der Waals surface area contributed by atoms with Crippen LogP contribution in [0.5, 0.6) is 5.75 Å². The molecule has 3 unspecified atom stereocenters. The standard InChI is InChI=1S/C29H39ClO6/c1-3-34-19-28(12-4-5-13-28)20-35-25-9-6-21(7-10-25)14-22-15-23(8-11-27(22)30)29(33-2)17-24(32)16-26(18-31)36-29/h6-11,15,24,26,31-32H,3-5,12-14,16-20H2,1-2H3. The third-order valence-corrected chi connectivity index (χ3v) is 7.92. The quantitative estimate of drug-likeness (QED) is 0.423. The lowest BCUT2D eigenvalue weighted by atomic mass is 9.88. The third-order valence-electron chi connectivity index (χ3n) is 7.55. The maximum Gasteiger partial charge on any atom is 0.197 e. The molecule has 3 atom stereocenters. The van der Waals surface area contributed by atoms with Crippen LogP contribution in [0.25, 0.3) is 0 Å². The van der Waals surface area contributed by atoms with Gasteiger partial charge in [0.1, 0.15) is 5.75 Å². The van der Waals surface area contributed by atoms with Crippen molar-refractivity contribution in [3.63, 3.8) is 0 Å². The van der Waals surface area contributed by atoms with Crippen molar-refractivity contribution in [2.24, 2.45) is 5.41 Å². The van der Waals surface area contributed by atoms with Crippen LogP contribution >= 0.6 is 11.6 Å². The zero-order valence-corrected chi connectivity index (χ0v) is 22.1. The summed E-state index contributed by atoms with van der Waals surface area (Å²) in [6.45, 7) is 4.04. The van der Waals surface area contributed by atoms with Crippen LogP contribution in [0.3, 0.4) is 0 Å². The molecule has 198 valence electrons. The lowest BCUT2D eigenvalue weighted by Gasteiger charge is -2.42. The average molecular weight is 519 g/mol. The fourth-order valence-corrected chi connectivity index (χ4v) is 5.67. The van der Waals surface area contributed by atoms with Crippen molar-refractivity contribution in [2.75, 3.05) is 33.5 Å². The van der Waals surface area contributed by atoms with Gasteiger partial charge in [-0.2, -0.15) is 0 Å². The summed E-state index contributed by atoms with van der Waals surface area (Å²) in [4.78, 5) is 0. The molecule has 1 aliphatic carbocycles. The second-order valence-corrected chi connectivity index (χ2v) is 10.6. The highest BCUT2D eigenvalue weighted by Gasteiger charge is 2.43. The molecule has 1 saturated carbocycles. The number of benzene rings is 2. The summed E-state index contributed by atoms with van der Waals surface area (Å²) in [5, 5.41) is 20.7. The van der Waals surface area contributed by atoms with E-state index in [0.29, 0.717) is 24.5 Å². The lowest BCUT2D eigenvalue weighted by molar-refractivity contribution is -0.298. The molecule has 0 spiro atoms. The Balaban J connectivity index is 1.44. The van der Waals surface area contributed by atoms with E-state index in [-0.39, 0.29) is 18.4 Å². The summed E-state index contributed by atoms with van der Waals surface area (Å²) in [6, 6.07) is 13.8. The van der Waals surface area contributed by atoms with Crippen molar-refractivity contribution in [1.82, 2.24) is 0 Å². The molecule has 7 heteroatoms. The highest BCUT2D eigenvalue weighted by molar-refractivity contribution is 6.31. The molecule has 2 N–H and O–H groups in total. The molecule has 2 aromatic carbocycles. The fourth-order valence-electron chi connectivity index (χ4n) is 5.49. The first-order valence-electron chi connectivity index (χ1n) is 13.0. The molecule has 4 rings (SSSR count). The van der Waals surface area contributed by atoms with Gasteiger partial charge < -0.3 is 29.2 Å². The molecule has 1 saturated heterocycles. The molecular formula is C29H39ClO6. The minimum Gasteiger partial charge on any atom is -0.493 e. The van der Waals surface area contributed by atoms with E-state index in [1.54, 1.807) is 7.11 Å². The Labute approximate surface area is 219 Å². The number of rotatable bonds is 11. The van der Waals surface area contributed by atoms with Gasteiger partial charge in [0, 0.05) is 42.6 Å². The van der Waals surface area contributed by atoms with Crippen LogP contribution in [0.1, 0.15) is 62.1 Å². The molecule has 0 amide bonds. The number of halogens is 1. The van der Waals surface area contributed by atoms with E-state index >= 15 is 0 Å². The predicted molar refractivity (Wildman–Crippen MR) is 139 cm³/mol. The summed E-state index contributed by atoms with van der Waals surface area (Å²) >= 11 is 6.56. The second kappa shape index (κ2) is 12.2. The van der Waals surface area contributed by atoms with Gasteiger partial charge in [0.25, 0.3) is 0 Å².